The molecular formula is C12H16ClNO. The Morgan fingerprint density at radius 3 is 2.87 bits per heavy atom. The standard InChI is InChI=1S/C12H16ClNO/c1-2-11(14)10-6-3-4-7-12(10)15-9-5-8-13/h3-8,11H,2,9,14H2,1H3/t11-/m0/s1. The van der Waals surface area contributed by atoms with E-state index in [2.05, 4.69) is 6.92 Å². The predicted octanol–water partition coefficient (Wildman–Crippen LogP) is 3.23. The molecule has 3 heteroatoms. The van der Waals surface area contributed by atoms with Crippen molar-refractivity contribution in [2.24, 2.45) is 5.73 Å². The van der Waals surface area contributed by atoms with Crippen LogP contribution in [0.2, 0.25) is 0 Å². The summed E-state index contributed by atoms with van der Waals surface area (Å²) in [5.74, 6) is 0.835. The van der Waals surface area contributed by atoms with Crippen molar-refractivity contribution in [2.75, 3.05) is 6.61 Å². The summed E-state index contributed by atoms with van der Waals surface area (Å²) in [7, 11) is 0. The second-order valence-corrected chi connectivity index (χ2v) is 3.48. The van der Waals surface area contributed by atoms with E-state index in [0.717, 1.165) is 17.7 Å². The summed E-state index contributed by atoms with van der Waals surface area (Å²) in [6.45, 7) is 2.52. The van der Waals surface area contributed by atoms with Crippen LogP contribution in [0.25, 0.3) is 0 Å². The molecule has 82 valence electrons. The highest BCUT2D eigenvalue weighted by Gasteiger charge is 2.08. The average Bonchev–Trinajstić information content (AvgIpc) is 2.29. The van der Waals surface area contributed by atoms with E-state index in [0.29, 0.717) is 6.61 Å². The maximum atomic E-state index is 5.98. The molecule has 1 atom stereocenters. The van der Waals surface area contributed by atoms with Gasteiger partial charge in [-0.2, -0.15) is 0 Å². The molecule has 0 amide bonds. The normalized spacial score (nSPS) is 13.0. The second-order valence-electron chi connectivity index (χ2n) is 3.23. The first-order chi connectivity index (χ1) is 7.29. The van der Waals surface area contributed by atoms with Crippen LogP contribution in [-0.2, 0) is 0 Å². The zero-order valence-electron chi connectivity index (χ0n) is 8.82. The molecule has 0 unspecified atom stereocenters. The van der Waals surface area contributed by atoms with E-state index in [4.69, 9.17) is 22.1 Å². The molecule has 0 bridgehead atoms. The lowest BCUT2D eigenvalue weighted by Crippen LogP contribution is -2.10. The van der Waals surface area contributed by atoms with E-state index in [1.807, 2.05) is 24.3 Å². The fraction of sp³-hybridized carbons (Fsp3) is 0.333. The minimum absolute atomic E-state index is 0.0289. The maximum Gasteiger partial charge on any atom is 0.124 e. The van der Waals surface area contributed by atoms with Crippen molar-refractivity contribution >= 4 is 11.6 Å². The molecule has 2 nitrogen and oxygen atoms in total. The monoisotopic (exact) mass is 225 g/mol. The van der Waals surface area contributed by atoms with E-state index < -0.39 is 0 Å². The van der Waals surface area contributed by atoms with Crippen LogP contribution in [0.4, 0.5) is 0 Å². The van der Waals surface area contributed by atoms with Gasteiger partial charge in [0.2, 0.25) is 0 Å². The van der Waals surface area contributed by atoms with Gasteiger partial charge in [0.15, 0.2) is 0 Å². The summed E-state index contributed by atoms with van der Waals surface area (Å²) < 4.78 is 5.55. The largest absolute Gasteiger partial charge is 0.489 e. The van der Waals surface area contributed by atoms with Crippen LogP contribution in [0.5, 0.6) is 5.75 Å². The fourth-order valence-corrected chi connectivity index (χ4v) is 1.39. The van der Waals surface area contributed by atoms with Crippen molar-refractivity contribution in [3.8, 4) is 5.75 Å². The van der Waals surface area contributed by atoms with Crippen molar-refractivity contribution in [1.82, 2.24) is 0 Å². The van der Waals surface area contributed by atoms with E-state index >= 15 is 0 Å². The van der Waals surface area contributed by atoms with Gasteiger partial charge < -0.3 is 10.5 Å². The second kappa shape index (κ2) is 6.49. The number of benzene rings is 1. The minimum Gasteiger partial charge on any atom is -0.489 e. The molecule has 2 N–H and O–H groups in total. The number of hydrogen-bond acceptors (Lipinski definition) is 2. The highest BCUT2D eigenvalue weighted by molar-refractivity contribution is 6.25. The third-order valence-electron chi connectivity index (χ3n) is 2.18. The van der Waals surface area contributed by atoms with Crippen LogP contribution in [0.3, 0.4) is 0 Å². The first kappa shape index (κ1) is 12.1. The van der Waals surface area contributed by atoms with Gasteiger partial charge in [0.25, 0.3) is 0 Å². The molecule has 0 heterocycles. The van der Waals surface area contributed by atoms with Crippen LogP contribution in [-0.4, -0.2) is 6.61 Å². The van der Waals surface area contributed by atoms with Crippen LogP contribution < -0.4 is 10.5 Å². The van der Waals surface area contributed by atoms with Gasteiger partial charge >= 0.3 is 0 Å². The first-order valence-corrected chi connectivity index (χ1v) is 5.45. The molecule has 15 heavy (non-hydrogen) atoms. The van der Waals surface area contributed by atoms with Gasteiger partial charge in [-0.15, -0.1) is 0 Å². The lowest BCUT2D eigenvalue weighted by molar-refractivity contribution is 0.356. The average molecular weight is 226 g/mol. The Labute approximate surface area is 95.7 Å². The highest BCUT2D eigenvalue weighted by atomic mass is 35.5. The van der Waals surface area contributed by atoms with Crippen LogP contribution in [0.15, 0.2) is 35.9 Å². The third kappa shape index (κ3) is 3.57. The van der Waals surface area contributed by atoms with Gasteiger partial charge in [0.1, 0.15) is 12.4 Å². The lowest BCUT2D eigenvalue weighted by Gasteiger charge is -2.14. The van der Waals surface area contributed by atoms with Gasteiger partial charge in [-0.1, -0.05) is 36.7 Å². The first-order valence-electron chi connectivity index (χ1n) is 5.02. The van der Waals surface area contributed by atoms with E-state index in [1.165, 1.54) is 5.54 Å². The Kier molecular flexibility index (Phi) is 5.22. The Balaban J connectivity index is 2.76. The summed E-state index contributed by atoms with van der Waals surface area (Å²) >= 11 is 5.41. The molecule has 0 aromatic heterocycles. The number of rotatable bonds is 5. The Morgan fingerprint density at radius 1 is 1.47 bits per heavy atom. The summed E-state index contributed by atoms with van der Waals surface area (Å²) in [4.78, 5) is 0. The fourth-order valence-electron chi connectivity index (χ4n) is 1.31. The van der Waals surface area contributed by atoms with Gasteiger partial charge in [0, 0.05) is 17.1 Å². The van der Waals surface area contributed by atoms with Crippen molar-refractivity contribution in [3.63, 3.8) is 0 Å². The molecule has 1 rings (SSSR count). The zero-order valence-corrected chi connectivity index (χ0v) is 9.58. The Hall–Kier alpha value is -0.990. The highest BCUT2D eigenvalue weighted by Crippen LogP contribution is 2.25. The summed E-state index contributed by atoms with van der Waals surface area (Å²) in [5.41, 5.74) is 8.47. The van der Waals surface area contributed by atoms with Crippen molar-refractivity contribution in [3.05, 3.63) is 41.4 Å². The summed E-state index contributed by atoms with van der Waals surface area (Å²) in [6.07, 6.45) is 2.64. The van der Waals surface area contributed by atoms with Crippen LogP contribution in [0, 0.1) is 0 Å². The Morgan fingerprint density at radius 2 is 2.20 bits per heavy atom. The van der Waals surface area contributed by atoms with Crippen molar-refractivity contribution in [2.45, 2.75) is 19.4 Å². The molecular weight excluding hydrogens is 210 g/mol. The molecule has 0 aliphatic carbocycles. The zero-order chi connectivity index (χ0) is 11.1. The molecule has 1 aromatic rings. The lowest BCUT2D eigenvalue weighted by atomic mass is 10.0. The number of nitrogens with two attached hydrogens (primary N) is 1. The number of para-hydroxylation sites is 1. The van der Waals surface area contributed by atoms with E-state index in [9.17, 15) is 0 Å². The van der Waals surface area contributed by atoms with Crippen LogP contribution in [0.1, 0.15) is 24.9 Å². The quantitative estimate of drug-likeness (QED) is 0.835. The summed E-state index contributed by atoms with van der Waals surface area (Å²) in [5, 5.41) is 0. The number of halogens is 1. The van der Waals surface area contributed by atoms with Gasteiger partial charge in [-0.3, -0.25) is 0 Å². The number of hydrogen-bond donors (Lipinski definition) is 1. The Bertz CT molecular complexity index is 325. The molecule has 0 saturated heterocycles. The number of ether oxygens (including phenoxy) is 1. The maximum absolute atomic E-state index is 5.98. The van der Waals surface area contributed by atoms with Gasteiger partial charge in [-0.05, 0) is 18.6 Å². The smallest absolute Gasteiger partial charge is 0.124 e. The molecule has 0 aliphatic rings. The molecule has 0 aliphatic heterocycles. The van der Waals surface area contributed by atoms with E-state index in [-0.39, 0.29) is 6.04 Å². The van der Waals surface area contributed by atoms with Crippen LogP contribution >= 0.6 is 11.6 Å². The topological polar surface area (TPSA) is 35.2 Å². The molecule has 0 fully saturated rings. The van der Waals surface area contributed by atoms with Crippen molar-refractivity contribution < 1.29 is 4.74 Å². The van der Waals surface area contributed by atoms with Crippen molar-refractivity contribution in [1.29, 1.82) is 0 Å². The third-order valence-corrected chi connectivity index (χ3v) is 2.36. The SMILES string of the molecule is CC[C@H](N)c1ccccc1OCC=CCl. The predicted molar refractivity (Wildman–Crippen MR) is 64.1 cm³/mol. The molecule has 0 radical (unpaired) electrons. The van der Waals surface area contributed by atoms with E-state index in [1.54, 1.807) is 6.08 Å². The van der Waals surface area contributed by atoms with Gasteiger partial charge in [0.05, 0.1) is 0 Å². The summed E-state index contributed by atoms with van der Waals surface area (Å²) in [6, 6.07) is 7.85. The van der Waals surface area contributed by atoms with Gasteiger partial charge in [-0.25, -0.2) is 0 Å². The minimum atomic E-state index is 0.0289. The molecule has 0 saturated carbocycles. The molecule has 0 spiro atoms. The molecule has 1 aromatic carbocycles.